The third-order valence-electron chi connectivity index (χ3n) is 4.23. The summed E-state index contributed by atoms with van der Waals surface area (Å²) in [5.74, 6) is 3.60. The van der Waals surface area contributed by atoms with E-state index >= 15 is 0 Å². The number of hydrogen-bond acceptors (Lipinski definition) is 6. The van der Waals surface area contributed by atoms with Crippen molar-refractivity contribution in [3.8, 4) is 11.8 Å². The molecular weight excluding hydrogens is 416 g/mol. The summed E-state index contributed by atoms with van der Waals surface area (Å²) in [4.78, 5) is 36.2. The van der Waals surface area contributed by atoms with Gasteiger partial charge in [0, 0.05) is 24.2 Å². The van der Waals surface area contributed by atoms with Crippen molar-refractivity contribution in [2.75, 3.05) is 7.05 Å². The van der Waals surface area contributed by atoms with E-state index in [1.54, 1.807) is 6.07 Å². The monoisotopic (exact) mass is 435 g/mol. The van der Waals surface area contributed by atoms with E-state index in [1.807, 2.05) is 5.32 Å². The van der Waals surface area contributed by atoms with Gasteiger partial charge < -0.3 is 20.5 Å². The first-order chi connectivity index (χ1) is 14.7. The molecule has 0 aliphatic rings. The molecule has 12 heteroatoms. The molecule has 164 valence electrons. The van der Waals surface area contributed by atoms with E-state index in [0.29, 0.717) is 11.3 Å². The number of hydroxylamine groups is 1. The summed E-state index contributed by atoms with van der Waals surface area (Å²) in [6.45, 7) is 0.856. The molecule has 1 heterocycles. The molecule has 31 heavy (non-hydrogen) atoms. The molecule has 1 unspecified atom stereocenters. The molecule has 2 rings (SSSR count). The SMILES string of the molecule is CNC(=O)NC(C)(C(F)F)[C@H](NC(=O)c1ccc(C#Cc2ccno2)cc1)C(=O)NO. The number of halogens is 2. The second kappa shape index (κ2) is 10.2. The fourth-order valence-corrected chi connectivity index (χ4v) is 2.45. The first-order valence-electron chi connectivity index (χ1n) is 8.77. The Hall–Kier alpha value is -3.98. The molecule has 0 fully saturated rings. The summed E-state index contributed by atoms with van der Waals surface area (Å²) in [5.41, 5.74) is -0.765. The molecule has 0 bridgehead atoms. The highest BCUT2D eigenvalue weighted by Gasteiger charge is 2.48. The molecule has 1 aromatic carbocycles. The molecule has 10 nitrogen and oxygen atoms in total. The first kappa shape index (κ1) is 23.3. The smallest absolute Gasteiger partial charge is 0.315 e. The van der Waals surface area contributed by atoms with Crippen LogP contribution >= 0.6 is 0 Å². The third kappa shape index (κ3) is 5.77. The van der Waals surface area contributed by atoms with E-state index in [2.05, 4.69) is 27.6 Å². The minimum Gasteiger partial charge on any atom is -0.348 e. The summed E-state index contributed by atoms with van der Waals surface area (Å²) in [7, 11) is 1.19. The van der Waals surface area contributed by atoms with Gasteiger partial charge in [0.15, 0.2) is 0 Å². The molecule has 0 saturated heterocycles. The van der Waals surface area contributed by atoms with Gasteiger partial charge in [-0.1, -0.05) is 11.1 Å². The molecule has 0 saturated carbocycles. The van der Waals surface area contributed by atoms with Gasteiger partial charge >= 0.3 is 6.03 Å². The Kier molecular flexibility index (Phi) is 7.64. The Balaban J connectivity index is 2.23. The van der Waals surface area contributed by atoms with Crippen molar-refractivity contribution in [3.05, 3.63) is 53.4 Å². The minimum absolute atomic E-state index is 0.0255. The maximum Gasteiger partial charge on any atom is 0.315 e. The number of carbonyl (C=O) groups excluding carboxylic acids is 3. The number of urea groups is 1. The summed E-state index contributed by atoms with van der Waals surface area (Å²) in [6.07, 6.45) is -1.84. The van der Waals surface area contributed by atoms with Crippen LogP contribution in [0.5, 0.6) is 0 Å². The quantitative estimate of drug-likeness (QED) is 0.256. The van der Waals surface area contributed by atoms with Crippen molar-refractivity contribution in [2.24, 2.45) is 0 Å². The summed E-state index contributed by atoms with van der Waals surface area (Å²) in [6, 6.07) is 4.26. The molecule has 5 N–H and O–H groups in total. The Morgan fingerprint density at radius 1 is 1.16 bits per heavy atom. The van der Waals surface area contributed by atoms with Crippen LogP contribution in [0.15, 0.2) is 41.1 Å². The highest BCUT2D eigenvalue weighted by atomic mass is 19.3. The van der Waals surface area contributed by atoms with Crippen LogP contribution in [0, 0.1) is 11.8 Å². The molecule has 2 atom stereocenters. The lowest BCUT2D eigenvalue weighted by atomic mass is 9.91. The van der Waals surface area contributed by atoms with Crippen molar-refractivity contribution in [3.63, 3.8) is 0 Å². The van der Waals surface area contributed by atoms with Crippen LogP contribution in [0.25, 0.3) is 0 Å². The van der Waals surface area contributed by atoms with Crippen molar-refractivity contribution in [1.29, 1.82) is 0 Å². The lowest BCUT2D eigenvalue weighted by Crippen LogP contribution is -2.69. The third-order valence-corrected chi connectivity index (χ3v) is 4.23. The number of nitrogens with one attached hydrogen (secondary N) is 4. The lowest BCUT2D eigenvalue weighted by Gasteiger charge is -2.36. The van der Waals surface area contributed by atoms with Crippen molar-refractivity contribution in [2.45, 2.75) is 24.9 Å². The standard InChI is InChI=1S/C19H19F2N5O5/c1-19(17(20)21,25-18(29)22-2)14(16(28)26-30)24-15(27)12-6-3-11(4-7-12)5-8-13-9-10-23-31-13/h3-4,6-7,9-10,14,17,30H,1-2H3,(H,24,27)(H,26,28)(H2,22,25,29)/t14-,19?/m1/s1. The van der Waals surface area contributed by atoms with Crippen LogP contribution in [0.4, 0.5) is 13.6 Å². The summed E-state index contributed by atoms with van der Waals surface area (Å²) >= 11 is 0. The van der Waals surface area contributed by atoms with E-state index in [4.69, 9.17) is 9.73 Å². The average Bonchev–Trinajstić information content (AvgIpc) is 3.29. The highest BCUT2D eigenvalue weighted by molar-refractivity contribution is 5.98. The van der Waals surface area contributed by atoms with Gasteiger partial charge in [-0.25, -0.2) is 19.1 Å². The number of carbonyl (C=O) groups is 3. The normalized spacial score (nSPS) is 13.2. The zero-order chi connectivity index (χ0) is 23.0. The number of alkyl halides is 2. The summed E-state index contributed by atoms with van der Waals surface area (Å²) < 4.78 is 32.3. The second-order valence-corrected chi connectivity index (χ2v) is 6.37. The Labute approximate surface area is 175 Å². The van der Waals surface area contributed by atoms with Gasteiger partial charge in [0.05, 0.1) is 6.20 Å². The first-order valence-corrected chi connectivity index (χ1v) is 8.77. The minimum atomic E-state index is -3.28. The van der Waals surface area contributed by atoms with Crippen LogP contribution in [-0.4, -0.2) is 53.3 Å². The van der Waals surface area contributed by atoms with Crippen molar-refractivity contribution in [1.82, 2.24) is 26.6 Å². The largest absolute Gasteiger partial charge is 0.348 e. The van der Waals surface area contributed by atoms with Gasteiger partial charge in [-0.05, 0) is 37.1 Å². The van der Waals surface area contributed by atoms with Gasteiger partial charge in [-0.3, -0.25) is 14.8 Å². The van der Waals surface area contributed by atoms with E-state index in [1.165, 1.54) is 43.0 Å². The predicted octanol–water partition coefficient (Wildman–Crippen LogP) is 0.631. The number of benzene rings is 1. The van der Waals surface area contributed by atoms with Gasteiger partial charge in [0.25, 0.3) is 18.2 Å². The molecule has 4 amide bonds. The topological polar surface area (TPSA) is 146 Å². The van der Waals surface area contributed by atoms with Crippen molar-refractivity contribution < 1.29 is 32.9 Å². The van der Waals surface area contributed by atoms with Crippen LogP contribution in [0.2, 0.25) is 0 Å². The Bertz CT molecular complexity index is 985. The zero-order valence-electron chi connectivity index (χ0n) is 16.4. The number of hydrogen-bond donors (Lipinski definition) is 5. The number of nitrogens with zero attached hydrogens (tertiary/aromatic N) is 1. The molecule has 2 aromatic rings. The molecule has 0 aliphatic heterocycles. The fourth-order valence-electron chi connectivity index (χ4n) is 2.45. The Morgan fingerprint density at radius 3 is 2.35 bits per heavy atom. The zero-order valence-corrected chi connectivity index (χ0v) is 16.4. The second-order valence-electron chi connectivity index (χ2n) is 6.37. The highest BCUT2D eigenvalue weighted by Crippen LogP contribution is 2.21. The maximum absolute atomic E-state index is 13.8. The predicted molar refractivity (Wildman–Crippen MR) is 102 cm³/mol. The number of aromatic nitrogens is 1. The molecular formula is C19H19F2N5O5. The average molecular weight is 435 g/mol. The van der Waals surface area contributed by atoms with Crippen LogP contribution < -0.4 is 21.4 Å². The van der Waals surface area contributed by atoms with Crippen LogP contribution in [-0.2, 0) is 4.79 Å². The van der Waals surface area contributed by atoms with E-state index in [-0.39, 0.29) is 5.56 Å². The number of amides is 4. The molecule has 1 aromatic heterocycles. The number of rotatable bonds is 6. The van der Waals surface area contributed by atoms with E-state index < -0.39 is 35.9 Å². The maximum atomic E-state index is 13.8. The van der Waals surface area contributed by atoms with Gasteiger partial charge in [-0.2, -0.15) is 0 Å². The van der Waals surface area contributed by atoms with Gasteiger partial charge in [0.1, 0.15) is 11.6 Å². The van der Waals surface area contributed by atoms with Gasteiger partial charge in [-0.15, -0.1) is 0 Å². The molecule has 0 spiro atoms. The summed E-state index contributed by atoms with van der Waals surface area (Å²) in [5, 5.41) is 18.6. The van der Waals surface area contributed by atoms with Crippen LogP contribution in [0.3, 0.4) is 0 Å². The fraction of sp³-hybridized carbons (Fsp3) is 0.263. The lowest BCUT2D eigenvalue weighted by molar-refractivity contribution is -0.135. The van der Waals surface area contributed by atoms with Crippen molar-refractivity contribution >= 4 is 17.8 Å². The van der Waals surface area contributed by atoms with E-state index in [9.17, 15) is 23.2 Å². The molecule has 0 aliphatic carbocycles. The van der Waals surface area contributed by atoms with E-state index in [0.717, 1.165) is 6.92 Å². The van der Waals surface area contributed by atoms with Crippen LogP contribution in [0.1, 0.15) is 28.6 Å². The molecule has 0 radical (unpaired) electrons. The van der Waals surface area contributed by atoms with Gasteiger partial charge in [0.2, 0.25) is 5.76 Å². The Morgan fingerprint density at radius 2 is 1.84 bits per heavy atom.